The Labute approximate surface area is 178 Å². The van der Waals surface area contributed by atoms with E-state index < -0.39 is 16.1 Å². The molecule has 1 amide bonds. The quantitative estimate of drug-likeness (QED) is 0.633. The molecule has 1 saturated heterocycles. The van der Waals surface area contributed by atoms with Crippen molar-refractivity contribution in [2.24, 2.45) is 0 Å². The molecule has 150 valence electrons. The van der Waals surface area contributed by atoms with E-state index in [0.717, 1.165) is 11.3 Å². The van der Waals surface area contributed by atoms with Gasteiger partial charge in [-0.2, -0.15) is 4.31 Å². The first-order chi connectivity index (χ1) is 13.9. The van der Waals surface area contributed by atoms with Crippen LogP contribution in [0.4, 0.5) is 5.13 Å². The van der Waals surface area contributed by atoms with E-state index in [9.17, 15) is 13.2 Å². The van der Waals surface area contributed by atoms with Crippen LogP contribution in [-0.4, -0.2) is 36.2 Å². The van der Waals surface area contributed by atoms with Gasteiger partial charge in [0.25, 0.3) is 0 Å². The Morgan fingerprint density at radius 2 is 1.86 bits per heavy atom. The lowest BCUT2D eigenvalue weighted by Crippen LogP contribution is -2.43. The molecule has 1 N–H and O–H groups in total. The zero-order chi connectivity index (χ0) is 20.4. The standard InChI is InChI=1S/C20H18ClN3O3S2/c21-15-8-10-16(11-9-15)29(26,27)24-12-4-7-18(24)19(25)23-20-22-17(13-28-20)14-5-2-1-3-6-14/h1-3,5-6,8-11,13,18H,4,7,12H2,(H,22,23,25). The summed E-state index contributed by atoms with van der Waals surface area (Å²) in [6.45, 7) is 0.302. The monoisotopic (exact) mass is 447 g/mol. The number of rotatable bonds is 5. The molecule has 4 rings (SSSR count). The highest BCUT2D eigenvalue weighted by atomic mass is 35.5. The third kappa shape index (κ3) is 4.20. The van der Waals surface area contributed by atoms with Gasteiger partial charge in [-0.25, -0.2) is 13.4 Å². The van der Waals surface area contributed by atoms with E-state index in [1.807, 2.05) is 35.7 Å². The maximum absolute atomic E-state index is 13.0. The van der Waals surface area contributed by atoms with Crippen molar-refractivity contribution in [1.82, 2.24) is 9.29 Å². The fourth-order valence-electron chi connectivity index (χ4n) is 3.29. The lowest BCUT2D eigenvalue weighted by molar-refractivity contribution is -0.119. The van der Waals surface area contributed by atoms with E-state index in [0.29, 0.717) is 29.5 Å². The molecule has 0 saturated carbocycles. The van der Waals surface area contributed by atoms with Crippen molar-refractivity contribution in [3.05, 3.63) is 65.0 Å². The van der Waals surface area contributed by atoms with Crippen molar-refractivity contribution in [1.29, 1.82) is 0 Å². The van der Waals surface area contributed by atoms with E-state index in [1.54, 1.807) is 0 Å². The number of aromatic nitrogens is 1. The average Bonchev–Trinajstić information content (AvgIpc) is 3.39. The molecule has 0 spiro atoms. The summed E-state index contributed by atoms with van der Waals surface area (Å²) in [5.74, 6) is -0.367. The van der Waals surface area contributed by atoms with Crippen molar-refractivity contribution < 1.29 is 13.2 Å². The molecule has 1 fully saturated rings. The fraction of sp³-hybridized carbons (Fsp3) is 0.200. The SMILES string of the molecule is O=C(Nc1nc(-c2ccccc2)cs1)C1CCCN1S(=O)(=O)c1ccc(Cl)cc1. The molecule has 2 heterocycles. The first kappa shape index (κ1) is 20.0. The highest BCUT2D eigenvalue weighted by Gasteiger charge is 2.39. The van der Waals surface area contributed by atoms with E-state index in [2.05, 4.69) is 10.3 Å². The van der Waals surface area contributed by atoms with E-state index in [1.165, 1.54) is 39.9 Å². The number of sulfonamides is 1. The summed E-state index contributed by atoms with van der Waals surface area (Å²) < 4.78 is 27.2. The van der Waals surface area contributed by atoms with Gasteiger partial charge in [0.05, 0.1) is 10.6 Å². The number of amides is 1. The molecule has 1 aliphatic rings. The van der Waals surface area contributed by atoms with Crippen LogP contribution in [0.1, 0.15) is 12.8 Å². The maximum Gasteiger partial charge on any atom is 0.244 e. The number of benzene rings is 2. The molecular formula is C20H18ClN3O3S2. The summed E-state index contributed by atoms with van der Waals surface area (Å²) in [4.78, 5) is 17.4. The summed E-state index contributed by atoms with van der Waals surface area (Å²) in [6, 6.07) is 14.9. The zero-order valence-electron chi connectivity index (χ0n) is 15.3. The van der Waals surface area contributed by atoms with Crippen molar-refractivity contribution in [3.8, 4) is 11.3 Å². The van der Waals surface area contributed by atoms with Crippen molar-refractivity contribution in [2.75, 3.05) is 11.9 Å². The molecule has 6 nitrogen and oxygen atoms in total. The minimum Gasteiger partial charge on any atom is -0.301 e. The third-order valence-electron chi connectivity index (χ3n) is 4.73. The van der Waals surface area contributed by atoms with Crippen LogP contribution in [0, 0.1) is 0 Å². The number of hydrogen-bond donors (Lipinski definition) is 1. The molecule has 0 bridgehead atoms. The molecule has 0 aliphatic carbocycles. The zero-order valence-corrected chi connectivity index (χ0v) is 17.7. The molecule has 9 heteroatoms. The van der Waals surface area contributed by atoms with E-state index >= 15 is 0 Å². The van der Waals surface area contributed by atoms with Crippen LogP contribution in [0.3, 0.4) is 0 Å². The number of carbonyl (C=O) groups excluding carboxylic acids is 1. The molecule has 1 aliphatic heterocycles. The fourth-order valence-corrected chi connectivity index (χ4v) is 5.80. The lowest BCUT2D eigenvalue weighted by Gasteiger charge is -2.23. The number of anilines is 1. The number of thiazole rings is 1. The van der Waals surface area contributed by atoms with Crippen LogP contribution in [0.25, 0.3) is 11.3 Å². The molecule has 29 heavy (non-hydrogen) atoms. The van der Waals surface area contributed by atoms with Crippen LogP contribution in [-0.2, 0) is 14.8 Å². The Morgan fingerprint density at radius 1 is 1.14 bits per heavy atom. The Hall–Kier alpha value is -2.26. The van der Waals surface area contributed by atoms with Gasteiger partial charge in [-0.05, 0) is 37.1 Å². The van der Waals surface area contributed by atoms with Crippen LogP contribution in [0.5, 0.6) is 0 Å². The smallest absolute Gasteiger partial charge is 0.244 e. The van der Waals surface area contributed by atoms with Crippen LogP contribution in [0.15, 0.2) is 64.9 Å². The Bertz CT molecular complexity index is 1120. The van der Waals surface area contributed by atoms with E-state index in [4.69, 9.17) is 11.6 Å². The number of nitrogens with one attached hydrogen (secondary N) is 1. The molecule has 2 aromatic carbocycles. The predicted octanol–water partition coefficient (Wildman–Crippen LogP) is 4.26. The van der Waals surface area contributed by atoms with Crippen LogP contribution in [0.2, 0.25) is 5.02 Å². The Balaban J connectivity index is 1.51. The molecule has 1 unspecified atom stereocenters. The van der Waals surface area contributed by atoms with Crippen molar-refractivity contribution in [3.63, 3.8) is 0 Å². The summed E-state index contributed by atoms with van der Waals surface area (Å²) in [7, 11) is -3.78. The van der Waals surface area contributed by atoms with Gasteiger partial charge in [0, 0.05) is 22.5 Å². The van der Waals surface area contributed by atoms with E-state index in [-0.39, 0.29) is 10.8 Å². The molecule has 1 atom stereocenters. The normalized spacial score (nSPS) is 17.3. The third-order valence-corrected chi connectivity index (χ3v) is 7.66. The first-order valence-corrected chi connectivity index (χ1v) is 11.7. The highest BCUT2D eigenvalue weighted by Crippen LogP contribution is 2.29. The second-order valence-corrected chi connectivity index (χ2v) is 9.81. The molecule has 0 radical (unpaired) electrons. The number of halogens is 1. The largest absolute Gasteiger partial charge is 0.301 e. The summed E-state index contributed by atoms with van der Waals surface area (Å²) in [5, 5.41) is 5.55. The van der Waals surface area contributed by atoms with Gasteiger partial charge in [0.2, 0.25) is 15.9 Å². The summed E-state index contributed by atoms with van der Waals surface area (Å²) in [5.41, 5.74) is 1.72. The molecule has 3 aromatic rings. The average molecular weight is 448 g/mol. The predicted molar refractivity (Wildman–Crippen MR) is 115 cm³/mol. The second-order valence-electron chi connectivity index (χ2n) is 6.62. The van der Waals surface area contributed by atoms with Gasteiger partial charge in [-0.1, -0.05) is 41.9 Å². The first-order valence-electron chi connectivity index (χ1n) is 9.04. The lowest BCUT2D eigenvalue weighted by atomic mass is 10.2. The highest BCUT2D eigenvalue weighted by molar-refractivity contribution is 7.89. The van der Waals surface area contributed by atoms with Gasteiger partial charge in [-0.15, -0.1) is 11.3 Å². The van der Waals surface area contributed by atoms with Crippen LogP contribution >= 0.6 is 22.9 Å². The summed E-state index contributed by atoms with van der Waals surface area (Å²) in [6.07, 6.45) is 1.09. The molecule has 1 aromatic heterocycles. The van der Waals surface area contributed by atoms with Gasteiger partial charge < -0.3 is 5.32 Å². The Morgan fingerprint density at radius 3 is 2.59 bits per heavy atom. The number of nitrogens with zero attached hydrogens (tertiary/aromatic N) is 2. The minimum absolute atomic E-state index is 0.127. The topological polar surface area (TPSA) is 79.4 Å². The summed E-state index contributed by atoms with van der Waals surface area (Å²) >= 11 is 7.17. The van der Waals surface area contributed by atoms with Gasteiger partial charge in [-0.3, -0.25) is 4.79 Å². The van der Waals surface area contributed by atoms with Gasteiger partial charge in [0.1, 0.15) is 6.04 Å². The van der Waals surface area contributed by atoms with Crippen molar-refractivity contribution >= 4 is 44.0 Å². The van der Waals surface area contributed by atoms with Crippen molar-refractivity contribution in [2.45, 2.75) is 23.8 Å². The number of hydrogen-bond acceptors (Lipinski definition) is 5. The minimum atomic E-state index is -3.78. The second kappa shape index (κ2) is 8.23. The van der Waals surface area contributed by atoms with Gasteiger partial charge in [0.15, 0.2) is 5.13 Å². The van der Waals surface area contributed by atoms with Crippen LogP contribution < -0.4 is 5.32 Å². The number of carbonyl (C=O) groups is 1. The van der Waals surface area contributed by atoms with Gasteiger partial charge >= 0.3 is 0 Å². The molecular weight excluding hydrogens is 430 g/mol. The Kier molecular flexibility index (Phi) is 5.69. The maximum atomic E-state index is 13.0.